The maximum Gasteiger partial charge on any atom is 0.135 e. The van der Waals surface area contributed by atoms with Crippen molar-refractivity contribution in [1.82, 2.24) is 4.98 Å². The molecular weight excluding hydrogens is 256 g/mol. The highest BCUT2D eigenvalue weighted by Crippen LogP contribution is 2.41. The molecule has 2 aromatic rings. The van der Waals surface area contributed by atoms with E-state index in [9.17, 15) is 0 Å². The third-order valence-corrected chi connectivity index (χ3v) is 4.96. The zero-order chi connectivity index (χ0) is 12.8. The van der Waals surface area contributed by atoms with E-state index in [1.54, 1.807) is 0 Å². The third kappa shape index (κ3) is 1.81. The monoisotopic (exact) mass is 272 g/mol. The highest BCUT2D eigenvalue weighted by molar-refractivity contribution is 6.31. The largest absolute Gasteiger partial charge is 0.381 e. The molecule has 1 aliphatic heterocycles. The van der Waals surface area contributed by atoms with Crippen molar-refractivity contribution in [3.8, 4) is 0 Å². The fraction of sp³-hybridized carbons (Fsp3) is 0.438. The number of hydrogen-bond donors (Lipinski definition) is 1. The molecule has 1 N–H and O–H groups in total. The smallest absolute Gasteiger partial charge is 0.135 e. The van der Waals surface area contributed by atoms with Gasteiger partial charge in [-0.2, -0.15) is 0 Å². The summed E-state index contributed by atoms with van der Waals surface area (Å²) in [6.45, 7) is 0. The molecule has 0 amide bonds. The van der Waals surface area contributed by atoms with E-state index in [4.69, 9.17) is 11.6 Å². The Hall–Kier alpha value is -1.28. The Morgan fingerprint density at radius 2 is 2.00 bits per heavy atom. The topological polar surface area (TPSA) is 24.9 Å². The van der Waals surface area contributed by atoms with E-state index >= 15 is 0 Å². The van der Waals surface area contributed by atoms with Crippen LogP contribution in [-0.4, -0.2) is 11.0 Å². The average molecular weight is 273 g/mol. The lowest BCUT2D eigenvalue weighted by Crippen LogP contribution is -2.37. The van der Waals surface area contributed by atoms with Gasteiger partial charge < -0.3 is 5.32 Å². The molecule has 0 radical (unpaired) electrons. The Kier molecular flexibility index (Phi) is 2.66. The second kappa shape index (κ2) is 4.38. The summed E-state index contributed by atoms with van der Waals surface area (Å²) in [5.74, 6) is 0.738. The molecule has 2 aliphatic rings. The quantitative estimate of drug-likeness (QED) is 0.719. The van der Waals surface area contributed by atoms with Crippen LogP contribution in [0, 0.1) is 5.92 Å². The zero-order valence-electron chi connectivity index (χ0n) is 10.8. The molecule has 0 spiro atoms. The van der Waals surface area contributed by atoms with E-state index in [0.717, 1.165) is 17.9 Å². The number of hydrogen-bond acceptors (Lipinski definition) is 2. The molecule has 0 bridgehead atoms. The van der Waals surface area contributed by atoms with Crippen LogP contribution in [0.2, 0.25) is 5.15 Å². The predicted octanol–water partition coefficient (Wildman–Crippen LogP) is 4.42. The van der Waals surface area contributed by atoms with Gasteiger partial charge in [0.15, 0.2) is 0 Å². The summed E-state index contributed by atoms with van der Waals surface area (Å²) in [7, 11) is 0. The van der Waals surface area contributed by atoms with Crippen LogP contribution in [0.3, 0.4) is 0 Å². The number of anilines is 1. The predicted molar refractivity (Wildman–Crippen MR) is 79.8 cm³/mol. The van der Waals surface area contributed by atoms with Gasteiger partial charge in [0.1, 0.15) is 5.15 Å². The molecule has 0 unspecified atom stereocenters. The normalized spacial score (nSPS) is 25.5. The van der Waals surface area contributed by atoms with Gasteiger partial charge in [0.25, 0.3) is 0 Å². The van der Waals surface area contributed by atoms with Gasteiger partial charge in [0.05, 0.1) is 11.2 Å². The van der Waals surface area contributed by atoms with E-state index in [1.807, 2.05) is 12.1 Å². The zero-order valence-corrected chi connectivity index (χ0v) is 11.6. The molecular formula is C16H17ClN2. The maximum absolute atomic E-state index is 6.40. The lowest BCUT2D eigenvalue weighted by atomic mass is 9.78. The van der Waals surface area contributed by atoms with Crippen molar-refractivity contribution in [1.29, 1.82) is 0 Å². The van der Waals surface area contributed by atoms with Gasteiger partial charge in [-0.25, -0.2) is 4.98 Å². The summed E-state index contributed by atoms with van der Waals surface area (Å²) in [6, 6.07) is 8.91. The molecule has 1 fully saturated rings. The molecule has 0 saturated heterocycles. The Labute approximate surface area is 118 Å². The van der Waals surface area contributed by atoms with Gasteiger partial charge in [0, 0.05) is 17.0 Å². The highest BCUT2D eigenvalue weighted by Gasteiger charge is 2.32. The van der Waals surface area contributed by atoms with Crippen LogP contribution < -0.4 is 5.32 Å². The van der Waals surface area contributed by atoms with Crippen molar-refractivity contribution >= 4 is 28.2 Å². The van der Waals surface area contributed by atoms with Crippen molar-refractivity contribution in [2.24, 2.45) is 5.92 Å². The number of para-hydroxylation sites is 1. The highest BCUT2D eigenvalue weighted by atomic mass is 35.5. The van der Waals surface area contributed by atoms with Crippen molar-refractivity contribution in [2.75, 3.05) is 5.32 Å². The van der Waals surface area contributed by atoms with Crippen LogP contribution in [-0.2, 0) is 6.42 Å². The van der Waals surface area contributed by atoms with E-state index < -0.39 is 0 Å². The first-order valence-electron chi connectivity index (χ1n) is 7.16. The molecule has 3 heteroatoms. The first-order valence-corrected chi connectivity index (χ1v) is 7.54. The number of aromatic nitrogens is 1. The first-order chi connectivity index (χ1) is 9.33. The summed E-state index contributed by atoms with van der Waals surface area (Å²) in [5.41, 5.74) is 3.45. The lowest BCUT2D eigenvalue weighted by molar-refractivity contribution is 0.315. The SMILES string of the molecule is Clc1nc2ccccc2c2c1C[C@@H]1CCCC[C@H]1N2. The van der Waals surface area contributed by atoms with Crippen molar-refractivity contribution < 1.29 is 0 Å². The number of fused-ring (bicyclic) bond motifs is 4. The molecule has 4 rings (SSSR count). The van der Waals surface area contributed by atoms with Gasteiger partial charge in [-0.3, -0.25) is 0 Å². The molecule has 1 aliphatic carbocycles. The number of nitrogens with zero attached hydrogens (tertiary/aromatic N) is 1. The standard InChI is InChI=1S/C16H17ClN2/c17-16-12-9-10-5-1-3-7-13(10)18-15(12)11-6-2-4-8-14(11)19-16/h2,4,6,8,10,13,18H,1,3,5,7,9H2/t10-,13+/m0/s1. The minimum Gasteiger partial charge on any atom is -0.381 e. The number of benzene rings is 1. The fourth-order valence-corrected chi connectivity index (χ4v) is 3.92. The van der Waals surface area contributed by atoms with Crippen LogP contribution >= 0.6 is 11.6 Å². The summed E-state index contributed by atoms with van der Waals surface area (Å²) >= 11 is 6.40. The fourth-order valence-electron chi connectivity index (χ4n) is 3.66. The molecule has 2 atom stereocenters. The van der Waals surface area contributed by atoms with E-state index in [1.165, 1.54) is 42.3 Å². The molecule has 1 saturated carbocycles. The lowest BCUT2D eigenvalue weighted by Gasteiger charge is -2.38. The number of pyridine rings is 1. The Balaban J connectivity index is 1.90. The van der Waals surface area contributed by atoms with Gasteiger partial charge in [-0.05, 0) is 31.2 Å². The van der Waals surface area contributed by atoms with Crippen LogP contribution in [0.5, 0.6) is 0 Å². The summed E-state index contributed by atoms with van der Waals surface area (Å²) in [5, 5.41) is 5.66. The number of halogens is 1. The molecule has 2 nitrogen and oxygen atoms in total. The van der Waals surface area contributed by atoms with E-state index in [-0.39, 0.29) is 0 Å². The molecule has 2 heterocycles. The minimum absolute atomic E-state index is 0.628. The molecule has 1 aromatic heterocycles. The Morgan fingerprint density at radius 1 is 1.16 bits per heavy atom. The number of nitrogens with one attached hydrogen (secondary N) is 1. The van der Waals surface area contributed by atoms with Crippen LogP contribution in [0.1, 0.15) is 31.2 Å². The van der Waals surface area contributed by atoms with Crippen molar-refractivity contribution in [3.63, 3.8) is 0 Å². The minimum atomic E-state index is 0.628. The second-order valence-electron chi connectivity index (χ2n) is 5.77. The average Bonchev–Trinajstić information content (AvgIpc) is 2.46. The Morgan fingerprint density at radius 3 is 2.95 bits per heavy atom. The summed E-state index contributed by atoms with van der Waals surface area (Å²) in [6.07, 6.45) is 6.40. The summed E-state index contributed by atoms with van der Waals surface area (Å²) < 4.78 is 0. The molecule has 1 aromatic carbocycles. The summed E-state index contributed by atoms with van der Waals surface area (Å²) in [4.78, 5) is 4.55. The van der Waals surface area contributed by atoms with Crippen LogP contribution in [0.15, 0.2) is 24.3 Å². The van der Waals surface area contributed by atoms with Crippen molar-refractivity contribution in [2.45, 2.75) is 38.1 Å². The maximum atomic E-state index is 6.40. The second-order valence-corrected chi connectivity index (χ2v) is 6.13. The van der Waals surface area contributed by atoms with Crippen LogP contribution in [0.25, 0.3) is 10.9 Å². The third-order valence-electron chi connectivity index (χ3n) is 4.65. The number of rotatable bonds is 0. The van der Waals surface area contributed by atoms with Gasteiger partial charge in [-0.1, -0.05) is 42.6 Å². The van der Waals surface area contributed by atoms with Gasteiger partial charge >= 0.3 is 0 Å². The van der Waals surface area contributed by atoms with Gasteiger partial charge in [-0.15, -0.1) is 0 Å². The van der Waals surface area contributed by atoms with Gasteiger partial charge in [0.2, 0.25) is 0 Å². The van der Waals surface area contributed by atoms with Crippen molar-refractivity contribution in [3.05, 3.63) is 35.0 Å². The van der Waals surface area contributed by atoms with E-state index in [2.05, 4.69) is 22.4 Å². The molecule has 98 valence electrons. The molecule has 19 heavy (non-hydrogen) atoms. The Bertz CT molecular complexity index is 638. The van der Waals surface area contributed by atoms with E-state index in [0.29, 0.717) is 11.2 Å². The first kappa shape index (κ1) is 11.5. The van der Waals surface area contributed by atoms with Crippen LogP contribution in [0.4, 0.5) is 5.69 Å².